The molecule has 2 rings (SSSR count). The molecule has 0 bridgehead atoms. The van der Waals surface area contributed by atoms with Gasteiger partial charge in [-0.15, -0.1) is 0 Å². The first-order valence-corrected chi connectivity index (χ1v) is 7.73. The van der Waals surface area contributed by atoms with E-state index in [2.05, 4.69) is 43.7 Å². The summed E-state index contributed by atoms with van der Waals surface area (Å²) in [6, 6.07) is 8.40. The van der Waals surface area contributed by atoms with Gasteiger partial charge in [0.1, 0.15) is 5.58 Å². The van der Waals surface area contributed by atoms with Crippen molar-refractivity contribution in [3.8, 4) is 0 Å². The predicted octanol–water partition coefficient (Wildman–Crippen LogP) is 5.04. The van der Waals surface area contributed by atoms with Crippen molar-refractivity contribution in [2.24, 2.45) is 0 Å². The van der Waals surface area contributed by atoms with E-state index in [4.69, 9.17) is 4.42 Å². The second kappa shape index (κ2) is 7.61. The molecule has 0 spiro atoms. The zero-order chi connectivity index (χ0) is 14.3. The van der Waals surface area contributed by atoms with Gasteiger partial charge in [0.15, 0.2) is 0 Å². The molecule has 0 amide bonds. The summed E-state index contributed by atoms with van der Waals surface area (Å²) in [5, 5.41) is 1.17. The molecule has 0 unspecified atom stereocenters. The zero-order valence-corrected chi connectivity index (χ0v) is 13.4. The third-order valence-corrected chi connectivity index (χ3v) is 3.38. The number of hydrogen-bond acceptors (Lipinski definition) is 3. The number of fused-ring (bicyclic) bond motifs is 1. The van der Waals surface area contributed by atoms with E-state index >= 15 is 0 Å². The first kappa shape index (κ1) is 16.1. The van der Waals surface area contributed by atoms with E-state index in [1.165, 1.54) is 10.9 Å². The summed E-state index contributed by atoms with van der Waals surface area (Å²) in [4.78, 5) is 0. The Hall–Kier alpha value is -0.930. The lowest BCUT2D eigenvalue weighted by atomic mass is 10.1. The van der Waals surface area contributed by atoms with Gasteiger partial charge in [0.2, 0.25) is 0 Å². The lowest BCUT2D eigenvalue weighted by Crippen LogP contribution is -2.18. The van der Waals surface area contributed by atoms with Gasteiger partial charge in [-0.2, -0.15) is 0 Å². The van der Waals surface area contributed by atoms with Gasteiger partial charge >= 0.3 is 0 Å². The summed E-state index contributed by atoms with van der Waals surface area (Å²) in [7, 11) is 0. The van der Waals surface area contributed by atoms with E-state index < -0.39 is 0 Å². The fraction of sp³-hybridized carbons (Fsp3) is 0.500. The summed E-state index contributed by atoms with van der Waals surface area (Å²) >= 11 is 1.78. The Bertz CT molecular complexity index is 485. The highest BCUT2D eigenvalue weighted by molar-refractivity contribution is 7.98. The van der Waals surface area contributed by atoms with Gasteiger partial charge in [0.25, 0.3) is 0 Å². The van der Waals surface area contributed by atoms with E-state index in [9.17, 15) is 0 Å². The third-order valence-electron chi connectivity index (χ3n) is 2.41. The van der Waals surface area contributed by atoms with Crippen LogP contribution >= 0.6 is 11.9 Å². The van der Waals surface area contributed by atoms with Crippen molar-refractivity contribution >= 4 is 22.9 Å². The molecule has 19 heavy (non-hydrogen) atoms. The van der Waals surface area contributed by atoms with Crippen molar-refractivity contribution in [3.63, 3.8) is 0 Å². The number of benzene rings is 1. The average Bonchev–Trinajstić information content (AvgIpc) is 2.83. The van der Waals surface area contributed by atoms with Crippen LogP contribution < -0.4 is 4.72 Å². The molecule has 3 heteroatoms. The van der Waals surface area contributed by atoms with Crippen LogP contribution in [-0.4, -0.2) is 11.3 Å². The predicted molar refractivity (Wildman–Crippen MR) is 86.6 cm³/mol. The minimum atomic E-state index is 0.269. The van der Waals surface area contributed by atoms with Crippen molar-refractivity contribution in [2.45, 2.75) is 45.8 Å². The average molecular weight is 279 g/mol. The first-order valence-electron chi connectivity index (χ1n) is 6.92. The molecule has 0 aliphatic rings. The highest BCUT2D eigenvalue weighted by Crippen LogP contribution is 2.20. The Morgan fingerprint density at radius 1 is 1.16 bits per heavy atom. The molecular weight excluding hydrogens is 254 g/mol. The quantitative estimate of drug-likeness (QED) is 0.627. The molecule has 0 radical (unpaired) electrons. The Morgan fingerprint density at radius 3 is 2.58 bits per heavy atom. The van der Waals surface area contributed by atoms with E-state index in [0.29, 0.717) is 0 Å². The molecule has 1 aromatic heterocycles. The normalized spacial score (nSPS) is 11.2. The van der Waals surface area contributed by atoms with Crippen LogP contribution in [0.1, 0.15) is 40.2 Å². The summed E-state index contributed by atoms with van der Waals surface area (Å²) in [5.74, 6) is 0. The van der Waals surface area contributed by atoms with Crippen LogP contribution in [0.3, 0.4) is 0 Å². The van der Waals surface area contributed by atoms with Crippen molar-refractivity contribution in [3.05, 3.63) is 36.1 Å². The van der Waals surface area contributed by atoms with Crippen LogP contribution in [-0.2, 0) is 6.42 Å². The van der Waals surface area contributed by atoms with Crippen LogP contribution in [0.15, 0.2) is 34.9 Å². The van der Waals surface area contributed by atoms with Gasteiger partial charge in [-0.05, 0) is 44.9 Å². The Balaban J connectivity index is 0.000000861. The van der Waals surface area contributed by atoms with E-state index in [1.54, 1.807) is 18.2 Å². The van der Waals surface area contributed by atoms with Gasteiger partial charge in [0.05, 0.1) is 6.26 Å². The maximum Gasteiger partial charge on any atom is 0.134 e. The van der Waals surface area contributed by atoms with Gasteiger partial charge < -0.3 is 4.42 Å². The number of hydrogen-bond donors (Lipinski definition) is 1. The highest BCUT2D eigenvalue weighted by atomic mass is 32.2. The monoisotopic (exact) mass is 279 g/mol. The molecule has 0 fully saturated rings. The summed E-state index contributed by atoms with van der Waals surface area (Å²) in [6.07, 6.45) is 2.77. The second-order valence-corrected chi connectivity index (χ2v) is 6.87. The van der Waals surface area contributed by atoms with Crippen molar-refractivity contribution in [1.82, 2.24) is 4.72 Å². The molecule has 1 aromatic carbocycles. The Labute approximate surface area is 121 Å². The topological polar surface area (TPSA) is 25.2 Å². The largest absolute Gasteiger partial charge is 0.464 e. The molecule has 0 atom stereocenters. The van der Waals surface area contributed by atoms with Crippen molar-refractivity contribution < 1.29 is 4.42 Å². The fourth-order valence-corrected chi connectivity index (χ4v) is 2.25. The molecular formula is C16H25NOS. The lowest BCUT2D eigenvalue weighted by Gasteiger charge is -2.17. The lowest BCUT2D eigenvalue weighted by molar-refractivity contribution is 0.615. The smallest absolute Gasteiger partial charge is 0.134 e. The Kier molecular flexibility index (Phi) is 6.46. The summed E-state index contributed by atoms with van der Waals surface area (Å²) < 4.78 is 9.06. The zero-order valence-electron chi connectivity index (χ0n) is 12.6. The maximum atomic E-state index is 5.39. The summed E-state index contributed by atoms with van der Waals surface area (Å²) in [6.45, 7) is 11.6. The minimum absolute atomic E-state index is 0.269. The Morgan fingerprint density at radius 2 is 1.89 bits per heavy atom. The SMILES string of the molecule is CC.CC(C)(C)SNCCc1ccc2ccoc2c1. The molecule has 0 saturated heterocycles. The molecule has 1 N–H and O–H groups in total. The van der Waals surface area contributed by atoms with Gasteiger partial charge in [-0.3, -0.25) is 4.72 Å². The minimum Gasteiger partial charge on any atom is -0.464 e. The fourth-order valence-electron chi connectivity index (χ4n) is 1.62. The maximum absolute atomic E-state index is 5.39. The second-order valence-electron chi connectivity index (χ2n) is 5.15. The molecule has 0 aliphatic carbocycles. The molecule has 0 saturated carbocycles. The van der Waals surface area contributed by atoms with Crippen LogP contribution in [0.4, 0.5) is 0 Å². The van der Waals surface area contributed by atoms with E-state index in [-0.39, 0.29) is 4.75 Å². The molecule has 1 heterocycles. The van der Waals surface area contributed by atoms with E-state index in [0.717, 1.165) is 18.5 Å². The van der Waals surface area contributed by atoms with Gasteiger partial charge in [0, 0.05) is 16.7 Å². The van der Waals surface area contributed by atoms with Crippen molar-refractivity contribution in [2.75, 3.05) is 6.54 Å². The van der Waals surface area contributed by atoms with E-state index in [1.807, 2.05) is 19.9 Å². The molecule has 0 aliphatic heterocycles. The van der Waals surface area contributed by atoms with Crippen LogP contribution in [0.2, 0.25) is 0 Å². The number of rotatable bonds is 4. The number of nitrogens with one attached hydrogen (secondary N) is 1. The van der Waals surface area contributed by atoms with Crippen LogP contribution in [0.25, 0.3) is 11.0 Å². The number of furan rings is 1. The van der Waals surface area contributed by atoms with Crippen LogP contribution in [0, 0.1) is 0 Å². The van der Waals surface area contributed by atoms with Gasteiger partial charge in [-0.1, -0.05) is 37.9 Å². The highest BCUT2D eigenvalue weighted by Gasteiger charge is 2.09. The van der Waals surface area contributed by atoms with Crippen molar-refractivity contribution in [1.29, 1.82) is 0 Å². The van der Waals surface area contributed by atoms with Crippen LogP contribution in [0.5, 0.6) is 0 Å². The standard InChI is InChI=1S/C14H19NOS.C2H6/c1-14(2,3)17-15-8-6-11-4-5-12-7-9-16-13(12)10-11;1-2/h4-5,7,9-10,15H,6,8H2,1-3H3;1-2H3. The molecule has 2 aromatic rings. The molecule has 106 valence electrons. The first-order chi connectivity index (χ1) is 9.04. The molecule has 2 nitrogen and oxygen atoms in total. The third kappa shape index (κ3) is 5.70. The van der Waals surface area contributed by atoms with Gasteiger partial charge in [-0.25, -0.2) is 0 Å². The summed E-state index contributed by atoms with van der Waals surface area (Å²) in [5.41, 5.74) is 2.29.